The molecular weight excluding hydrogens is 246 g/mol. The van der Waals surface area contributed by atoms with Gasteiger partial charge in [0, 0.05) is 18.1 Å². The van der Waals surface area contributed by atoms with Crippen LogP contribution in [0.15, 0.2) is 0 Å². The molecule has 2 N–H and O–H groups in total. The molecule has 2 fully saturated rings. The summed E-state index contributed by atoms with van der Waals surface area (Å²) >= 11 is 0. The molecule has 0 spiro atoms. The third kappa shape index (κ3) is 4.44. The Labute approximate surface area is 125 Å². The zero-order valence-corrected chi connectivity index (χ0v) is 13.7. The highest BCUT2D eigenvalue weighted by Crippen LogP contribution is 2.27. The first kappa shape index (κ1) is 16.3. The summed E-state index contributed by atoms with van der Waals surface area (Å²) in [6.07, 6.45) is 10.5. The van der Waals surface area contributed by atoms with Crippen LogP contribution in [0.3, 0.4) is 0 Å². The molecule has 0 aromatic carbocycles. The lowest BCUT2D eigenvalue weighted by Crippen LogP contribution is -2.51. The fourth-order valence-electron chi connectivity index (χ4n) is 4.15. The lowest BCUT2D eigenvalue weighted by atomic mass is 9.88. The number of piperidine rings is 1. The van der Waals surface area contributed by atoms with Gasteiger partial charge in [-0.25, -0.2) is 0 Å². The van der Waals surface area contributed by atoms with Crippen molar-refractivity contribution >= 4 is 0 Å². The van der Waals surface area contributed by atoms with Crippen LogP contribution >= 0.6 is 0 Å². The standard InChI is InChI=1S/C17H35N3/c1-3-11-19-13-9-17(10-14-19)20(12-4-2)16-7-5-15(18)6-8-16/h15-17H,3-14,18H2,1-2H3. The summed E-state index contributed by atoms with van der Waals surface area (Å²) in [5.41, 5.74) is 6.08. The second-order valence-electron chi connectivity index (χ2n) is 6.88. The highest BCUT2D eigenvalue weighted by atomic mass is 15.2. The van der Waals surface area contributed by atoms with Crippen molar-refractivity contribution in [3.8, 4) is 0 Å². The van der Waals surface area contributed by atoms with Crippen molar-refractivity contribution in [2.75, 3.05) is 26.2 Å². The highest BCUT2D eigenvalue weighted by Gasteiger charge is 2.30. The highest BCUT2D eigenvalue weighted by molar-refractivity contribution is 4.87. The summed E-state index contributed by atoms with van der Waals surface area (Å²) in [6, 6.07) is 2.13. The van der Waals surface area contributed by atoms with Gasteiger partial charge in [0.05, 0.1) is 0 Å². The molecule has 0 radical (unpaired) electrons. The number of likely N-dealkylation sites (tertiary alicyclic amines) is 1. The van der Waals surface area contributed by atoms with Crippen LogP contribution in [-0.4, -0.2) is 54.1 Å². The number of hydrogen-bond acceptors (Lipinski definition) is 3. The first-order valence-corrected chi connectivity index (χ1v) is 8.98. The van der Waals surface area contributed by atoms with Gasteiger partial charge in [0.2, 0.25) is 0 Å². The van der Waals surface area contributed by atoms with Gasteiger partial charge < -0.3 is 10.6 Å². The molecule has 0 aromatic rings. The first-order chi connectivity index (χ1) is 9.74. The molecule has 1 aliphatic carbocycles. The zero-order chi connectivity index (χ0) is 14.4. The van der Waals surface area contributed by atoms with Gasteiger partial charge >= 0.3 is 0 Å². The van der Waals surface area contributed by atoms with E-state index in [9.17, 15) is 0 Å². The van der Waals surface area contributed by atoms with E-state index in [1.807, 2.05) is 0 Å². The van der Waals surface area contributed by atoms with E-state index in [-0.39, 0.29) is 0 Å². The van der Waals surface area contributed by atoms with E-state index in [2.05, 4.69) is 23.6 Å². The van der Waals surface area contributed by atoms with E-state index in [0.29, 0.717) is 6.04 Å². The Hall–Kier alpha value is -0.120. The Morgan fingerprint density at radius 1 is 0.900 bits per heavy atom. The molecule has 0 unspecified atom stereocenters. The Bertz CT molecular complexity index is 253. The minimum atomic E-state index is 0.473. The minimum Gasteiger partial charge on any atom is -0.328 e. The van der Waals surface area contributed by atoms with Crippen LogP contribution in [0.5, 0.6) is 0 Å². The van der Waals surface area contributed by atoms with Gasteiger partial charge in [-0.05, 0) is 77.5 Å². The maximum atomic E-state index is 6.08. The van der Waals surface area contributed by atoms with Gasteiger partial charge in [-0.15, -0.1) is 0 Å². The predicted molar refractivity (Wildman–Crippen MR) is 87.0 cm³/mol. The minimum absolute atomic E-state index is 0.473. The molecule has 0 atom stereocenters. The molecule has 1 heterocycles. The Morgan fingerprint density at radius 2 is 1.50 bits per heavy atom. The van der Waals surface area contributed by atoms with Gasteiger partial charge in [0.25, 0.3) is 0 Å². The summed E-state index contributed by atoms with van der Waals surface area (Å²) in [4.78, 5) is 5.51. The normalized spacial score (nSPS) is 30.0. The smallest absolute Gasteiger partial charge is 0.0122 e. The third-order valence-corrected chi connectivity index (χ3v) is 5.26. The maximum Gasteiger partial charge on any atom is 0.0122 e. The molecule has 2 rings (SSSR count). The summed E-state index contributed by atoms with van der Waals surface area (Å²) in [7, 11) is 0. The molecule has 1 saturated heterocycles. The second-order valence-corrected chi connectivity index (χ2v) is 6.88. The number of rotatable bonds is 6. The van der Waals surface area contributed by atoms with Crippen LogP contribution in [0, 0.1) is 0 Å². The molecule has 1 saturated carbocycles. The van der Waals surface area contributed by atoms with Crippen molar-refractivity contribution in [3.05, 3.63) is 0 Å². The van der Waals surface area contributed by atoms with E-state index >= 15 is 0 Å². The lowest BCUT2D eigenvalue weighted by Gasteiger charge is -2.44. The Kier molecular flexibility index (Phi) is 6.79. The Morgan fingerprint density at radius 3 is 2.05 bits per heavy atom. The van der Waals surface area contributed by atoms with Crippen LogP contribution < -0.4 is 5.73 Å². The van der Waals surface area contributed by atoms with Crippen LogP contribution in [0.2, 0.25) is 0 Å². The van der Waals surface area contributed by atoms with Crippen LogP contribution in [0.4, 0.5) is 0 Å². The molecule has 0 amide bonds. The number of nitrogens with zero attached hydrogens (tertiary/aromatic N) is 2. The molecule has 3 heteroatoms. The lowest BCUT2D eigenvalue weighted by molar-refractivity contribution is 0.0551. The number of nitrogens with two attached hydrogens (primary N) is 1. The summed E-state index contributed by atoms with van der Waals surface area (Å²) in [5, 5.41) is 0. The molecule has 1 aliphatic heterocycles. The van der Waals surface area contributed by atoms with E-state index in [0.717, 1.165) is 12.1 Å². The van der Waals surface area contributed by atoms with Crippen molar-refractivity contribution < 1.29 is 0 Å². The molecule has 0 aromatic heterocycles. The molecule has 3 nitrogen and oxygen atoms in total. The van der Waals surface area contributed by atoms with Crippen molar-refractivity contribution in [1.29, 1.82) is 0 Å². The van der Waals surface area contributed by atoms with Gasteiger partial charge in [0.1, 0.15) is 0 Å². The summed E-state index contributed by atoms with van der Waals surface area (Å²) < 4.78 is 0. The van der Waals surface area contributed by atoms with E-state index in [1.165, 1.54) is 77.5 Å². The SMILES string of the molecule is CCCN1CCC(N(CCC)C2CCC(N)CC2)CC1. The topological polar surface area (TPSA) is 32.5 Å². The van der Waals surface area contributed by atoms with Crippen molar-refractivity contribution in [1.82, 2.24) is 9.80 Å². The second kappa shape index (κ2) is 8.35. The first-order valence-electron chi connectivity index (χ1n) is 8.98. The predicted octanol–water partition coefficient (Wildman–Crippen LogP) is 2.84. The molecule has 118 valence electrons. The van der Waals surface area contributed by atoms with Crippen LogP contribution in [0.25, 0.3) is 0 Å². The molecular formula is C17H35N3. The van der Waals surface area contributed by atoms with Crippen molar-refractivity contribution in [2.45, 2.75) is 83.3 Å². The van der Waals surface area contributed by atoms with E-state index < -0.39 is 0 Å². The quantitative estimate of drug-likeness (QED) is 0.812. The van der Waals surface area contributed by atoms with Crippen LogP contribution in [-0.2, 0) is 0 Å². The molecule has 0 bridgehead atoms. The van der Waals surface area contributed by atoms with Gasteiger partial charge in [-0.3, -0.25) is 4.90 Å². The summed E-state index contributed by atoms with van der Waals surface area (Å²) in [5.74, 6) is 0. The fraction of sp³-hybridized carbons (Fsp3) is 1.00. The maximum absolute atomic E-state index is 6.08. The van der Waals surface area contributed by atoms with Crippen molar-refractivity contribution in [2.24, 2.45) is 5.73 Å². The van der Waals surface area contributed by atoms with E-state index in [4.69, 9.17) is 5.73 Å². The number of hydrogen-bond donors (Lipinski definition) is 1. The average Bonchev–Trinajstić information content (AvgIpc) is 2.47. The zero-order valence-electron chi connectivity index (χ0n) is 13.7. The van der Waals surface area contributed by atoms with E-state index in [1.54, 1.807) is 0 Å². The van der Waals surface area contributed by atoms with Gasteiger partial charge in [-0.1, -0.05) is 13.8 Å². The average molecular weight is 281 g/mol. The summed E-state index contributed by atoms with van der Waals surface area (Å²) in [6.45, 7) is 9.82. The van der Waals surface area contributed by atoms with Gasteiger partial charge in [0.15, 0.2) is 0 Å². The van der Waals surface area contributed by atoms with Crippen LogP contribution in [0.1, 0.15) is 65.2 Å². The molecule has 20 heavy (non-hydrogen) atoms. The van der Waals surface area contributed by atoms with Crippen molar-refractivity contribution in [3.63, 3.8) is 0 Å². The molecule has 2 aliphatic rings. The fourth-order valence-corrected chi connectivity index (χ4v) is 4.15. The van der Waals surface area contributed by atoms with Gasteiger partial charge in [-0.2, -0.15) is 0 Å². The Balaban J connectivity index is 1.85. The monoisotopic (exact) mass is 281 g/mol. The third-order valence-electron chi connectivity index (χ3n) is 5.26. The largest absolute Gasteiger partial charge is 0.328 e.